The molecule has 0 aliphatic carbocycles. The van der Waals surface area contributed by atoms with Gasteiger partial charge in [-0.3, -0.25) is 0 Å². The Kier molecular flexibility index (Phi) is 3.08. The van der Waals surface area contributed by atoms with E-state index in [1.54, 1.807) is 44.4 Å². The minimum Gasteiger partial charge on any atom is -0.497 e. The molecule has 3 heteroatoms. The lowest BCUT2D eigenvalue weighted by Crippen LogP contribution is -2.15. The van der Waals surface area contributed by atoms with Crippen LogP contribution in [0.2, 0.25) is 0 Å². The molecule has 0 radical (unpaired) electrons. The molecule has 14 heavy (non-hydrogen) atoms. The van der Waals surface area contributed by atoms with Crippen molar-refractivity contribution < 1.29 is 9.13 Å². The van der Waals surface area contributed by atoms with Crippen molar-refractivity contribution in [1.82, 2.24) is 0 Å². The third kappa shape index (κ3) is 1.85. The van der Waals surface area contributed by atoms with Crippen LogP contribution < -0.4 is 4.74 Å². The Bertz CT molecular complexity index is 341. The second-order valence-electron chi connectivity index (χ2n) is 3.00. The Morgan fingerprint density at radius 3 is 2.36 bits per heavy atom. The van der Waals surface area contributed by atoms with Crippen LogP contribution in [0.5, 0.6) is 5.75 Å². The molecule has 1 atom stereocenters. The summed E-state index contributed by atoms with van der Waals surface area (Å²) in [6, 6.07) is 8.12. The third-order valence-electron chi connectivity index (χ3n) is 2.21. The number of halogens is 1. The number of hydrogen-bond donors (Lipinski definition) is 0. The zero-order valence-corrected chi connectivity index (χ0v) is 8.25. The first kappa shape index (κ1) is 10.5. The van der Waals surface area contributed by atoms with Crippen LogP contribution in [-0.2, 0) is 5.67 Å². The number of ether oxygens (including phenoxy) is 1. The van der Waals surface area contributed by atoms with E-state index in [1.807, 2.05) is 0 Å². The molecule has 0 aromatic heterocycles. The largest absolute Gasteiger partial charge is 0.497 e. The Labute approximate surface area is 82.9 Å². The van der Waals surface area contributed by atoms with Crippen molar-refractivity contribution in [3.05, 3.63) is 29.8 Å². The molecule has 1 unspecified atom stereocenters. The number of nitrogens with zero attached hydrogens (tertiary/aromatic N) is 1. The first-order valence-corrected chi connectivity index (χ1v) is 4.41. The highest BCUT2D eigenvalue weighted by Gasteiger charge is 2.29. The molecule has 0 aliphatic heterocycles. The Morgan fingerprint density at radius 1 is 1.43 bits per heavy atom. The van der Waals surface area contributed by atoms with Gasteiger partial charge >= 0.3 is 0 Å². The van der Waals surface area contributed by atoms with E-state index in [0.29, 0.717) is 11.3 Å². The van der Waals surface area contributed by atoms with Gasteiger partial charge in [0.15, 0.2) is 0 Å². The summed E-state index contributed by atoms with van der Waals surface area (Å²) in [7, 11) is 1.54. The molecule has 0 amide bonds. The van der Waals surface area contributed by atoms with Crippen LogP contribution in [0.3, 0.4) is 0 Å². The summed E-state index contributed by atoms with van der Waals surface area (Å²) in [5.41, 5.74) is -1.50. The highest BCUT2D eigenvalue weighted by Crippen LogP contribution is 2.29. The monoisotopic (exact) mass is 193 g/mol. The summed E-state index contributed by atoms with van der Waals surface area (Å²) in [5.74, 6) is 0.658. The first-order valence-electron chi connectivity index (χ1n) is 4.41. The minimum atomic E-state index is -1.88. The number of rotatable bonds is 3. The standard InChI is InChI=1S/C11H12FNO/c1-3-11(12,8-13)9-4-6-10(14-2)7-5-9/h4-7H,3H2,1-2H3. The van der Waals surface area contributed by atoms with Crippen molar-refractivity contribution >= 4 is 0 Å². The zero-order valence-electron chi connectivity index (χ0n) is 8.25. The third-order valence-corrected chi connectivity index (χ3v) is 2.21. The van der Waals surface area contributed by atoms with E-state index in [2.05, 4.69) is 0 Å². The molecule has 1 aromatic rings. The highest BCUT2D eigenvalue weighted by molar-refractivity contribution is 5.34. The molecule has 0 saturated heterocycles. The number of benzene rings is 1. The van der Waals surface area contributed by atoms with Crippen molar-refractivity contribution in [3.63, 3.8) is 0 Å². The summed E-state index contributed by atoms with van der Waals surface area (Å²) in [4.78, 5) is 0. The molecule has 0 spiro atoms. The SMILES string of the molecule is CCC(F)(C#N)c1ccc(OC)cc1. The maximum Gasteiger partial charge on any atom is 0.220 e. The van der Waals surface area contributed by atoms with Crippen LogP contribution in [0.15, 0.2) is 24.3 Å². The molecule has 1 rings (SSSR count). The summed E-state index contributed by atoms with van der Waals surface area (Å²) in [6.45, 7) is 1.65. The minimum absolute atomic E-state index is 0.149. The van der Waals surface area contributed by atoms with Crippen LogP contribution in [0, 0.1) is 11.3 Å². The van der Waals surface area contributed by atoms with Gasteiger partial charge in [0.2, 0.25) is 5.67 Å². The second kappa shape index (κ2) is 4.10. The number of methoxy groups -OCH3 is 1. The van der Waals surface area contributed by atoms with E-state index in [-0.39, 0.29) is 6.42 Å². The average Bonchev–Trinajstić information content (AvgIpc) is 2.28. The molecule has 1 aromatic carbocycles. The van der Waals surface area contributed by atoms with E-state index in [9.17, 15) is 4.39 Å². The van der Waals surface area contributed by atoms with Crippen LogP contribution >= 0.6 is 0 Å². The van der Waals surface area contributed by atoms with Gasteiger partial charge in [0.1, 0.15) is 11.8 Å². The van der Waals surface area contributed by atoms with Gasteiger partial charge in [-0.1, -0.05) is 19.1 Å². The van der Waals surface area contributed by atoms with Crippen molar-refractivity contribution in [3.8, 4) is 11.8 Å². The molecule has 0 bridgehead atoms. The molecule has 0 saturated carbocycles. The van der Waals surface area contributed by atoms with Crippen LogP contribution in [0.4, 0.5) is 4.39 Å². The normalized spacial score (nSPS) is 14.1. The second-order valence-corrected chi connectivity index (χ2v) is 3.00. The van der Waals surface area contributed by atoms with E-state index >= 15 is 0 Å². The summed E-state index contributed by atoms with van der Waals surface area (Å²) in [5, 5.41) is 8.71. The van der Waals surface area contributed by atoms with Crippen LogP contribution in [-0.4, -0.2) is 7.11 Å². The Hall–Kier alpha value is -1.56. The molecule has 0 aliphatic rings. The van der Waals surface area contributed by atoms with E-state index < -0.39 is 5.67 Å². The van der Waals surface area contributed by atoms with Crippen LogP contribution in [0.25, 0.3) is 0 Å². The topological polar surface area (TPSA) is 33.0 Å². The van der Waals surface area contributed by atoms with E-state index in [4.69, 9.17) is 10.00 Å². The van der Waals surface area contributed by atoms with Crippen molar-refractivity contribution in [2.45, 2.75) is 19.0 Å². The predicted molar refractivity (Wildman–Crippen MR) is 51.7 cm³/mol. The smallest absolute Gasteiger partial charge is 0.220 e. The van der Waals surface area contributed by atoms with Crippen molar-refractivity contribution in [2.24, 2.45) is 0 Å². The maximum atomic E-state index is 13.8. The van der Waals surface area contributed by atoms with Gasteiger partial charge in [-0.15, -0.1) is 0 Å². The van der Waals surface area contributed by atoms with Gasteiger partial charge in [-0.05, 0) is 18.6 Å². The summed E-state index contributed by atoms with van der Waals surface area (Å²) in [6.07, 6.45) is 0.149. The fourth-order valence-corrected chi connectivity index (χ4v) is 1.20. The molecular weight excluding hydrogens is 181 g/mol. The van der Waals surface area contributed by atoms with E-state index in [0.717, 1.165) is 0 Å². The lowest BCUT2D eigenvalue weighted by molar-refractivity contribution is 0.236. The van der Waals surface area contributed by atoms with E-state index in [1.165, 1.54) is 0 Å². The lowest BCUT2D eigenvalue weighted by Gasteiger charge is -2.15. The quantitative estimate of drug-likeness (QED) is 0.739. The average molecular weight is 193 g/mol. The molecule has 2 nitrogen and oxygen atoms in total. The molecule has 0 heterocycles. The van der Waals surface area contributed by atoms with Gasteiger partial charge in [-0.25, -0.2) is 4.39 Å². The van der Waals surface area contributed by atoms with Gasteiger partial charge < -0.3 is 4.74 Å². The summed E-state index contributed by atoms with van der Waals surface area (Å²) < 4.78 is 18.8. The van der Waals surface area contributed by atoms with Gasteiger partial charge in [0, 0.05) is 5.56 Å². The molecule has 0 fully saturated rings. The Balaban J connectivity index is 3.03. The molecular formula is C11H12FNO. The fourth-order valence-electron chi connectivity index (χ4n) is 1.20. The predicted octanol–water partition coefficient (Wildman–Crippen LogP) is 2.79. The van der Waals surface area contributed by atoms with Crippen molar-refractivity contribution in [1.29, 1.82) is 5.26 Å². The zero-order chi connectivity index (χ0) is 10.6. The van der Waals surface area contributed by atoms with Crippen LogP contribution in [0.1, 0.15) is 18.9 Å². The number of alkyl halides is 1. The van der Waals surface area contributed by atoms with Gasteiger partial charge in [-0.2, -0.15) is 5.26 Å². The number of nitriles is 1. The highest BCUT2D eigenvalue weighted by atomic mass is 19.1. The van der Waals surface area contributed by atoms with Gasteiger partial charge in [0.25, 0.3) is 0 Å². The summed E-state index contributed by atoms with van der Waals surface area (Å²) >= 11 is 0. The fraction of sp³-hybridized carbons (Fsp3) is 0.364. The molecule has 0 N–H and O–H groups in total. The molecule has 74 valence electrons. The number of hydrogen-bond acceptors (Lipinski definition) is 2. The first-order chi connectivity index (χ1) is 6.66. The maximum absolute atomic E-state index is 13.8. The Morgan fingerprint density at radius 2 is 2.00 bits per heavy atom. The van der Waals surface area contributed by atoms with Crippen molar-refractivity contribution in [2.75, 3.05) is 7.11 Å². The van der Waals surface area contributed by atoms with Gasteiger partial charge in [0.05, 0.1) is 7.11 Å². The lowest BCUT2D eigenvalue weighted by atomic mass is 9.95.